The number of amides is 2. The van der Waals surface area contributed by atoms with Crippen molar-refractivity contribution < 1.29 is 29.2 Å². The molecule has 1 fully saturated rings. The number of nitro benzene ring substituents is 1. The van der Waals surface area contributed by atoms with Crippen LogP contribution in [0.5, 0.6) is 5.75 Å². The van der Waals surface area contributed by atoms with Crippen molar-refractivity contribution in [1.29, 1.82) is 0 Å². The summed E-state index contributed by atoms with van der Waals surface area (Å²) >= 11 is 0.610. The van der Waals surface area contributed by atoms with Gasteiger partial charge in [-0.3, -0.25) is 24.6 Å². The Morgan fingerprint density at radius 3 is 2.71 bits per heavy atom. The molecule has 1 atom stereocenters. The molecule has 1 aromatic carbocycles. The second-order valence-corrected chi connectivity index (χ2v) is 5.75. The highest BCUT2D eigenvalue weighted by Gasteiger charge is 2.41. The third kappa shape index (κ3) is 3.23. The lowest BCUT2D eigenvalue weighted by Gasteiger charge is -2.18. The first-order valence-corrected chi connectivity index (χ1v) is 7.40. The molecule has 0 radical (unpaired) electrons. The molecule has 126 valence electrons. The van der Waals surface area contributed by atoms with Crippen LogP contribution in [-0.4, -0.2) is 45.2 Å². The van der Waals surface area contributed by atoms with Crippen LogP contribution in [0.25, 0.3) is 6.08 Å². The number of methoxy groups -OCH3 is 1. The lowest BCUT2D eigenvalue weighted by molar-refractivity contribution is -0.385. The summed E-state index contributed by atoms with van der Waals surface area (Å²) in [5.74, 6) is -1.94. The zero-order chi connectivity index (χ0) is 18.0. The Kier molecular flexibility index (Phi) is 4.88. The van der Waals surface area contributed by atoms with E-state index in [4.69, 9.17) is 0 Å². The summed E-state index contributed by atoms with van der Waals surface area (Å²) in [4.78, 5) is 46.6. The molecule has 1 aliphatic heterocycles. The maximum absolute atomic E-state index is 12.3. The highest BCUT2D eigenvalue weighted by Crippen LogP contribution is 2.35. The van der Waals surface area contributed by atoms with Gasteiger partial charge in [0.25, 0.3) is 11.1 Å². The largest absolute Gasteiger partial charge is 0.502 e. The number of hydrogen-bond acceptors (Lipinski definition) is 8. The number of phenolic OH excluding ortho intramolecular Hbond substituents is 1. The third-order valence-corrected chi connectivity index (χ3v) is 4.13. The first kappa shape index (κ1) is 17.5. The van der Waals surface area contributed by atoms with Gasteiger partial charge in [0.05, 0.1) is 16.9 Å². The zero-order valence-corrected chi connectivity index (χ0v) is 13.4. The lowest BCUT2D eigenvalue weighted by atomic mass is 10.1. The van der Waals surface area contributed by atoms with Gasteiger partial charge >= 0.3 is 11.7 Å². The summed E-state index contributed by atoms with van der Waals surface area (Å²) in [6, 6.07) is 2.47. The smallest absolute Gasteiger partial charge is 0.328 e. The van der Waals surface area contributed by atoms with E-state index in [0.717, 1.165) is 24.1 Å². The summed E-state index contributed by atoms with van der Waals surface area (Å²) in [6.07, 6.45) is 1.28. The quantitative estimate of drug-likeness (QED) is 0.377. The van der Waals surface area contributed by atoms with Crippen molar-refractivity contribution in [1.82, 2.24) is 4.90 Å². The van der Waals surface area contributed by atoms with Gasteiger partial charge in [0.1, 0.15) is 6.04 Å². The topological polar surface area (TPSA) is 127 Å². The molecular weight excluding hydrogens is 340 g/mol. The number of nitro groups is 1. The Labute approximate surface area is 140 Å². The summed E-state index contributed by atoms with van der Waals surface area (Å²) in [5.41, 5.74) is -0.262. The number of ether oxygens (including phenoxy) is 1. The molecule has 1 aliphatic rings. The molecule has 0 aliphatic carbocycles. The van der Waals surface area contributed by atoms with Gasteiger partial charge in [-0.1, -0.05) is 6.07 Å². The normalized spacial score (nSPS) is 17.2. The number of imide groups is 1. The van der Waals surface area contributed by atoms with E-state index in [0.29, 0.717) is 11.8 Å². The molecule has 2 rings (SSSR count). The van der Waals surface area contributed by atoms with Crippen LogP contribution in [-0.2, 0) is 14.3 Å². The van der Waals surface area contributed by atoms with E-state index >= 15 is 0 Å². The molecule has 0 spiro atoms. The maximum atomic E-state index is 12.3. The van der Waals surface area contributed by atoms with E-state index < -0.39 is 39.5 Å². The van der Waals surface area contributed by atoms with Gasteiger partial charge in [0.2, 0.25) is 0 Å². The Morgan fingerprint density at radius 1 is 1.46 bits per heavy atom. The SMILES string of the molecule is COC(=O)C(C)N1C(=O)SC(=Cc2ccc(O)c([N+](=O)[O-])c2)C1=O. The molecule has 1 unspecified atom stereocenters. The third-order valence-electron chi connectivity index (χ3n) is 3.25. The molecule has 2 amide bonds. The fourth-order valence-corrected chi connectivity index (χ4v) is 2.93. The van der Waals surface area contributed by atoms with E-state index in [9.17, 15) is 29.6 Å². The molecule has 1 N–H and O–H groups in total. The van der Waals surface area contributed by atoms with Crippen molar-refractivity contribution in [2.45, 2.75) is 13.0 Å². The highest BCUT2D eigenvalue weighted by molar-refractivity contribution is 8.18. The van der Waals surface area contributed by atoms with Crippen molar-refractivity contribution in [2.24, 2.45) is 0 Å². The number of esters is 1. The summed E-state index contributed by atoms with van der Waals surface area (Å²) in [5, 5.41) is 19.6. The maximum Gasteiger partial charge on any atom is 0.328 e. The van der Waals surface area contributed by atoms with Crippen molar-refractivity contribution in [2.75, 3.05) is 7.11 Å². The minimum atomic E-state index is -1.08. The van der Waals surface area contributed by atoms with Crippen LogP contribution in [0.3, 0.4) is 0 Å². The fourth-order valence-electron chi connectivity index (χ4n) is 2.02. The number of carbonyl (C=O) groups excluding carboxylic acids is 3. The summed E-state index contributed by atoms with van der Waals surface area (Å²) in [6.45, 7) is 1.36. The molecule has 1 aromatic rings. The number of thioether (sulfide) groups is 1. The van der Waals surface area contributed by atoms with Crippen LogP contribution in [0.4, 0.5) is 10.5 Å². The van der Waals surface area contributed by atoms with Gasteiger partial charge in [0, 0.05) is 6.07 Å². The molecule has 0 saturated carbocycles. The Balaban J connectivity index is 2.34. The van der Waals surface area contributed by atoms with Crippen molar-refractivity contribution >= 4 is 40.6 Å². The zero-order valence-electron chi connectivity index (χ0n) is 12.6. The second-order valence-electron chi connectivity index (χ2n) is 4.76. The van der Waals surface area contributed by atoms with Crippen molar-refractivity contribution in [3.63, 3.8) is 0 Å². The Hall–Kier alpha value is -2.88. The van der Waals surface area contributed by atoms with Gasteiger partial charge in [0.15, 0.2) is 5.75 Å². The standard InChI is InChI=1S/C14H12N2O7S/c1-7(13(19)23-2)15-12(18)11(24-14(15)20)6-8-3-4-10(17)9(5-8)16(21)22/h3-7,17H,1-2H3. The van der Waals surface area contributed by atoms with E-state index in [1.807, 2.05) is 0 Å². The van der Waals surface area contributed by atoms with Crippen LogP contribution < -0.4 is 0 Å². The highest BCUT2D eigenvalue weighted by atomic mass is 32.2. The van der Waals surface area contributed by atoms with Gasteiger partial charge < -0.3 is 9.84 Å². The predicted molar refractivity (Wildman–Crippen MR) is 84.0 cm³/mol. The van der Waals surface area contributed by atoms with Gasteiger partial charge in [-0.2, -0.15) is 0 Å². The van der Waals surface area contributed by atoms with Crippen LogP contribution in [0, 0.1) is 10.1 Å². The molecule has 9 nitrogen and oxygen atoms in total. The number of rotatable bonds is 4. The molecule has 1 heterocycles. The fraction of sp³-hybridized carbons (Fsp3) is 0.214. The van der Waals surface area contributed by atoms with Crippen LogP contribution in [0.1, 0.15) is 12.5 Å². The monoisotopic (exact) mass is 352 g/mol. The molecule has 10 heteroatoms. The van der Waals surface area contributed by atoms with E-state index in [1.54, 1.807) is 0 Å². The lowest BCUT2D eigenvalue weighted by Crippen LogP contribution is -2.42. The Morgan fingerprint density at radius 2 is 2.12 bits per heavy atom. The van der Waals surface area contributed by atoms with Crippen LogP contribution >= 0.6 is 11.8 Å². The second kappa shape index (κ2) is 6.71. The van der Waals surface area contributed by atoms with Crippen LogP contribution in [0.15, 0.2) is 23.1 Å². The van der Waals surface area contributed by atoms with E-state index in [-0.39, 0.29) is 10.5 Å². The number of hydrogen-bond donors (Lipinski definition) is 1. The first-order chi connectivity index (χ1) is 11.3. The first-order valence-electron chi connectivity index (χ1n) is 6.58. The minimum Gasteiger partial charge on any atom is -0.502 e. The predicted octanol–water partition coefficient (Wildman–Crippen LogP) is 1.90. The van der Waals surface area contributed by atoms with Gasteiger partial charge in [-0.15, -0.1) is 0 Å². The average Bonchev–Trinajstić information content (AvgIpc) is 2.81. The number of benzene rings is 1. The van der Waals surface area contributed by atoms with Crippen molar-refractivity contribution in [3.8, 4) is 5.75 Å². The number of nitrogens with zero attached hydrogens (tertiary/aromatic N) is 2. The number of phenols is 1. The molecule has 1 saturated heterocycles. The van der Waals surface area contributed by atoms with Crippen LogP contribution in [0.2, 0.25) is 0 Å². The molecule has 24 heavy (non-hydrogen) atoms. The summed E-state index contributed by atoms with van der Waals surface area (Å²) < 4.78 is 4.51. The Bertz CT molecular complexity index is 774. The van der Waals surface area contributed by atoms with E-state index in [1.165, 1.54) is 19.1 Å². The number of carbonyl (C=O) groups is 3. The molecule has 0 aromatic heterocycles. The minimum absolute atomic E-state index is 0.00995. The number of aromatic hydroxyl groups is 1. The van der Waals surface area contributed by atoms with E-state index in [2.05, 4.69) is 4.74 Å². The summed E-state index contributed by atoms with van der Waals surface area (Å²) in [7, 11) is 1.14. The molecule has 0 bridgehead atoms. The average molecular weight is 352 g/mol. The van der Waals surface area contributed by atoms with Crippen molar-refractivity contribution in [3.05, 3.63) is 38.8 Å². The van der Waals surface area contributed by atoms with Gasteiger partial charge in [-0.05, 0) is 36.4 Å². The molecular formula is C14H12N2O7S. The van der Waals surface area contributed by atoms with Gasteiger partial charge in [-0.25, -0.2) is 4.79 Å².